The molecule has 1 atom stereocenters. The number of hydrogen-bond acceptors (Lipinski definition) is 6. The van der Waals surface area contributed by atoms with Gasteiger partial charge in [-0.25, -0.2) is 4.98 Å². The summed E-state index contributed by atoms with van der Waals surface area (Å²) in [5, 5.41) is 6.40. The highest BCUT2D eigenvalue weighted by molar-refractivity contribution is 5.98. The number of unbranched alkanes of at least 4 members (excludes halogenated alkanes) is 1. The summed E-state index contributed by atoms with van der Waals surface area (Å²) >= 11 is 0. The molecule has 0 saturated carbocycles. The van der Waals surface area contributed by atoms with Crippen LogP contribution in [0.4, 0.5) is 5.82 Å². The molecule has 27 heavy (non-hydrogen) atoms. The highest BCUT2D eigenvalue weighted by atomic mass is 16.5. The zero-order chi connectivity index (χ0) is 19.9. The van der Waals surface area contributed by atoms with Crippen LogP contribution >= 0.6 is 0 Å². The number of aromatic nitrogens is 2. The summed E-state index contributed by atoms with van der Waals surface area (Å²) in [7, 11) is 5.99. The van der Waals surface area contributed by atoms with E-state index < -0.39 is 6.04 Å². The standard InChI is InChI=1S/C19H26N4O4/c1-5-6-7-15(16(24)13-26-18-10-11-27-22-18)21-19(25)14-8-9-17(20-12-14)23(2,3)4/h8-12,15H,5-7,13H2,1-4H3/p+1. The second-order valence-electron chi connectivity index (χ2n) is 7.18. The molecule has 1 unspecified atom stereocenters. The molecule has 8 heteroatoms. The number of nitrogens with zero attached hydrogens (tertiary/aromatic N) is 3. The molecule has 0 aliphatic carbocycles. The summed E-state index contributed by atoms with van der Waals surface area (Å²) in [4.78, 5) is 29.4. The van der Waals surface area contributed by atoms with Crippen molar-refractivity contribution in [3.05, 3.63) is 36.2 Å². The Morgan fingerprint density at radius 2 is 2.04 bits per heavy atom. The van der Waals surface area contributed by atoms with E-state index in [2.05, 4.69) is 20.0 Å². The number of nitrogens with one attached hydrogen (secondary N) is 1. The molecule has 2 heterocycles. The van der Waals surface area contributed by atoms with E-state index in [0.29, 0.717) is 16.5 Å². The summed E-state index contributed by atoms with van der Waals surface area (Å²) in [6.07, 6.45) is 5.18. The fourth-order valence-corrected chi connectivity index (χ4v) is 2.40. The number of ether oxygens (including phenoxy) is 1. The molecule has 146 valence electrons. The lowest BCUT2D eigenvalue weighted by Crippen LogP contribution is -2.43. The van der Waals surface area contributed by atoms with Gasteiger partial charge in [0.05, 0.1) is 32.7 Å². The van der Waals surface area contributed by atoms with Crippen molar-refractivity contribution in [1.82, 2.24) is 19.9 Å². The first-order valence-corrected chi connectivity index (χ1v) is 8.96. The fourth-order valence-electron chi connectivity index (χ4n) is 2.40. The second kappa shape index (κ2) is 9.27. The molecule has 0 fully saturated rings. The van der Waals surface area contributed by atoms with Crippen LogP contribution in [0.1, 0.15) is 36.5 Å². The average Bonchev–Trinajstić information content (AvgIpc) is 3.16. The van der Waals surface area contributed by atoms with Crippen LogP contribution in [0.25, 0.3) is 0 Å². The number of rotatable bonds is 10. The molecule has 2 aromatic rings. The maximum atomic E-state index is 12.5. The molecule has 0 radical (unpaired) electrons. The number of hydrogen-bond donors (Lipinski definition) is 1. The van der Waals surface area contributed by atoms with Crippen LogP contribution in [0.15, 0.2) is 35.2 Å². The minimum absolute atomic E-state index is 0.181. The molecule has 1 amide bonds. The topological polar surface area (TPSA) is 94.3 Å². The van der Waals surface area contributed by atoms with Crippen molar-refractivity contribution in [2.75, 3.05) is 27.7 Å². The van der Waals surface area contributed by atoms with Gasteiger partial charge in [0.1, 0.15) is 6.26 Å². The Bertz CT molecular complexity index is 736. The number of Topliss-reactive ketones (excluding diaryl/α,β-unsaturated/α-hetero) is 1. The SMILES string of the molecule is CCCCC(NC(=O)c1ccc([N+](C)(C)C)nc1)C(=O)COc1ccon1. The summed E-state index contributed by atoms with van der Waals surface area (Å²) in [5.74, 6) is 0.539. The molecule has 0 aliphatic rings. The fraction of sp³-hybridized carbons (Fsp3) is 0.474. The predicted molar refractivity (Wildman–Crippen MR) is 102 cm³/mol. The van der Waals surface area contributed by atoms with Gasteiger partial charge in [-0.2, -0.15) is 0 Å². The van der Waals surface area contributed by atoms with Gasteiger partial charge in [0.25, 0.3) is 11.8 Å². The van der Waals surface area contributed by atoms with Crippen LogP contribution in [0, 0.1) is 0 Å². The Labute approximate surface area is 159 Å². The molecule has 0 bridgehead atoms. The number of ketones is 1. The summed E-state index contributed by atoms with van der Waals surface area (Å²) in [5.41, 5.74) is 0.416. The normalized spacial score (nSPS) is 12.4. The molecule has 0 spiro atoms. The van der Waals surface area contributed by atoms with Crippen molar-refractivity contribution >= 4 is 17.5 Å². The van der Waals surface area contributed by atoms with Crippen molar-refractivity contribution in [3.8, 4) is 5.88 Å². The molecule has 0 aromatic carbocycles. The van der Waals surface area contributed by atoms with Crippen molar-refractivity contribution in [2.45, 2.75) is 32.2 Å². The minimum atomic E-state index is -0.623. The molecular formula is C19H27N4O4+. The Balaban J connectivity index is 2.00. The zero-order valence-electron chi connectivity index (χ0n) is 16.3. The van der Waals surface area contributed by atoms with Gasteiger partial charge in [-0.05, 0) is 17.6 Å². The van der Waals surface area contributed by atoms with Gasteiger partial charge in [-0.1, -0.05) is 19.8 Å². The van der Waals surface area contributed by atoms with Crippen LogP contribution in [-0.2, 0) is 4.79 Å². The molecule has 2 aromatic heterocycles. The molecule has 0 saturated heterocycles. The number of amides is 1. The van der Waals surface area contributed by atoms with Crippen molar-refractivity contribution in [3.63, 3.8) is 0 Å². The first-order chi connectivity index (χ1) is 12.8. The molecule has 0 aliphatic heterocycles. The zero-order valence-corrected chi connectivity index (χ0v) is 16.3. The van der Waals surface area contributed by atoms with E-state index in [9.17, 15) is 9.59 Å². The lowest BCUT2D eigenvalue weighted by Gasteiger charge is -2.22. The molecule has 8 nitrogen and oxygen atoms in total. The van der Waals surface area contributed by atoms with E-state index >= 15 is 0 Å². The van der Waals surface area contributed by atoms with E-state index in [1.165, 1.54) is 18.5 Å². The van der Waals surface area contributed by atoms with Gasteiger partial charge in [0.2, 0.25) is 5.82 Å². The largest absolute Gasteiger partial charge is 0.467 e. The lowest BCUT2D eigenvalue weighted by molar-refractivity contribution is -0.123. The number of carbonyl (C=O) groups excluding carboxylic acids is 2. The van der Waals surface area contributed by atoms with Crippen LogP contribution < -0.4 is 14.5 Å². The monoisotopic (exact) mass is 375 g/mol. The van der Waals surface area contributed by atoms with E-state index in [4.69, 9.17) is 4.74 Å². The minimum Gasteiger partial charge on any atom is -0.467 e. The third-order valence-electron chi connectivity index (χ3n) is 4.01. The third-order valence-corrected chi connectivity index (χ3v) is 4.01. The van der Waals surface area contributed by atoms with Gasteiger partial charge >= 0.3 is 0 Å². The van der Waals surface area contributed by atoms with E-state index in [0.717, 1.165) is 18.7 Å². The first-order valence-electron chi connectivity index (χ1n) is 8.96. The Hall–Kier alpha value is -2.74. The van der Waals surface area contributed by atoms with Crippen LogP contribution in [-0.4, -0.2) is 55.6 Å². The van der Waals surface area contributed by atoms with Crippen molar-refractivity contribution in [2.24, 2.45) is 0 Å². The summed E-state index contributed by atoms with van der Waals surface area (Å²) < 4.78 is 10.5. The van der Waals surface area contributed by atoms with Crippen LogP contribution in [0.2, 0.25) is 0 Å². The lowest BCUT2D eigenvalue weighted by atomic mass is 10.1. The van der Waals surface area contributed by atoms with E-state index in [1.54, 1.807) is 6.07 Å². The number of quaternary nitrogens is 1. The second-order valence-corrected chi connectivity index (χ2v) is 7.18. The van der Waals surface area contributed by atoms with E-state index in [-0.39, 0.29) is 24.2 Å². The maximum Gasteiger partial charge on any atom is 0.254 e. The highest BCUT2D eigenvalue weighted by Crippen LogP contribution is 2.14. The van der Waals surface area contributed by atoms with E-state index in [1.807, 2.05) is 34.1 Å². The molecule has 2 rings (SSSR count). The average molecular weight is 375 g/mol. The summed E-state index contributed by atoms with van der Waals surface area (Å²) in [6, 6.07) is 4.43. The first kappa shape index (κ1) is 20.6. The number of carbonyl (C=O) groups is 2. The van der Waals surface area contributed by atoms with Crippen molar-refractivity contribution in [1.29, 1.82) is 0 Å². The Morgan fingerprint density at radius 1 is 1.26 bits per heavy atom. The van der Waals surface area contributed by atoms with Gasteiger partial charge in [-0.3, -0.25) is 14.1 Å². The molecule has 1 N–H and O–H groups in total. The number of pyridine rings is 1. The highest BCUT2D eigenvalue weighted by Gasteiger charge is 2.22. The van der Waals surface area contributed by atoms with Gasteiger partial charge in [-0.15, -0.1) is 0 Å². The van der Waals surface area contributed by atoms with Gasteiger partial charge in [0, 0.05) is 18.3 Å². The van der Waals surface area contributed by atoms with Gasteiger partial charge in [0.15, 0.2) is 12.4 Å². The third kappa shape index (κ3) is 6.18. The smallest absolute Gasteiger partial charge is 0.254 e. The quantitative estimate of drug-likeness (QED) is 0.640. The van der Waals surface area contributed by atoms with Crippen molar-refractivity contribution < 1.29 is 18.8 Å². The Kier molecular flexibility index (Phi) is 7.06. The van der Waals surface area contributed by atoms with Gasteiger partial charge < -0.3 is 14.6 Å². The molecular weight excluding hydrogens is 348 g/mol. The maximum absolute atomic E-state index is 12.5. The summed E-state index contributed by atoms with van der Waals surface area (Å²) in [6.45, 7) is 1.85. The van der Waals surface area contributed by atoms with Crippen LogP contribution in [0.5, 0.6) is 5.88 Å². The predicted octanol–water partition coefficient (Wildman–Crippen LogP) is 2.20. The van der Waals surface area contributed by atoms with Crippen LogP contribution in [0.3, 0.4) is 0 Å². The Morgan fingerprint density at radius 3 is 2.59 bits per heavy atom.